The molecule has 0 aliphatic carbocycles. The topological polar surface area (TPSA) is 88.2 Å². The molecule has 140 valence electrons. The number of nitrogens with one attached hydrogen (secondary N) is 2. The number of anilines is 2. The Morgan fingerprint density at radius 1 is 1.11 bits per heavy atom. The fraction of sp³-hybridized carbons (Fsp3) is 0.0588. The number of hydrogen-bond acceptors (Lipinski definition) is 5. The highest BCUT2D eigenvalue weighted by atomic mass is 35.5. The molecule has 3 rings (SSSR count). The van der Waals surface area contributed by atoms with E-state index in [4.69, 9.17) is 23.2 Å². The van der Waals surface area contributed by atoms with Crippen LogP contribution < -0.4 is 10.0 Å². The third kappa shape index (κ3) is 5.20. The minimum Gasteiger partial charge on any atom is -0.321 e. The molecule has 2 aromatic carbocycles. The van der Waals surface area contributed by atoms with E-state index in [1.807, 2.05) is 0 Å². The van der Waals surface area contributed by atoms with Gasteiger partial charge in [-0.05, 0) is 36.4 Å². The van der Waals surface area contributed by atoms with Gasteiger partial charge in [0.05, 0.1) is 17.0 Å². The predicted octanol–water partition coefficient (Wildman–Crippen LogP) is 4.74. The van der Waals surface area contributed by atoms with Gasteiger partial charge < -0.3 is 5.32 Å². The van der Waals surface area contributed by atoms with Crippen LogP contribution in [0, 0.1) is 0 Å². The lowest BCUT2D eigenvalue weighted by atomic mass is 10.2. The molecule has 0 saturated carbocycles. The summed E-state index contributed by atoms with van der Waals surface area (Å²) in [6, 6.07) is 11.4. The Bertz CT molecular complexity index is 1110. The zero-order valence-electron chi connectivity index (χ0n) is 13.9. The highest BCUT2D eigenvalue weighted by Crippen LogP contribution is 2.32. The standard InChI is InChI=1S/C17H13Cl2N3O3S2/c1-27(24,25)22-12-4-2-3-11(8-12)20-16(23)15-9-26-17(21-15)13-6-5-10(18)7-14(13)19/h2-9,22H,1H3,(H,20,23). The molecule has 0 aliphatic rings. The van der Waals surface area contributed by atoms with Gasteiger partial charge in [-0.25, -0.2) is 13.4 Å². The number of halogens is 2. The fourth-order valence-electron chi connectivity index (χ4n) is 2.23. The second-order valence-electron chi connectivity index (χ2n) is 5.57. The van der Waals surface area contributed by atoms with Crippen molar-refractivity contribution in [1.29, 1.82) is 0 Å². The number of carbonyl (C=O) groups excluding carboxylic acids is 1. The number of benzene rings is 2. The lowest BCUT2D eigenvalue weighted by Crippen LogP contribution is -2.13. The number of hydrogen-bond donors (Lipinski definition) is 2. The lowest BCUT2D eigenvalue weighted by molar-refractivity contribution is 0.102. The molecule has 2 N–H and O–H groups in total. The maximum atomic E-state index is 12.4. The molecule has 1 aromatic heterocycles. The monoisotopic (exact) mass is 441 g/mol. The maximum absolute atomic E-state index is 12.4. The van der Waals surface area contributed by atoms with Gasteiger partial charge in [0.25, 0.3) is 5.91 Å². The van der Waals surface area contributed by atoms with Gasteiger partial charge in [-0.3, -0.25) is 9.52 Å². The summed E-state index contributed by atoms with van der Waals surface area (Å²) in [5, 5.41) is 5.86. The largest absolute Gasteiger partial charge is 0.321 e. The predicted molar refractivity (Wildman–Crippen MR) is 110 cm³/mol. The van der Waals surface area contributed by atoms with E-state index < -0.39 is 15.9 Å². The Kier molecular flexibility index (Phi) is 5.71. The van der Waals surface area contributed by atoms with Crippen LogP contribution in [0.3, 0.4) is 0 Å². The zero-order valence-corrected chi connectivity index (χ0v) is 17.0. The van der Waals surface area contributed by atoms with Crippen LogP contribution in [-0.4, -0.2) is 25.6 Å². The van der Waals surface area contributed by atoms with Gasteiger partial charge in [0.1, 0.15) is 10.7 Å². The fourth-order valence-corrected chi connectivity index (χ4v) is 4.18. The van der Waals surface area contributed by atoms with Crippen molar-refractivity contribution < 1.29 is 13.2 Å². The Morgan fingerprint density at radius 2 is 1.85 bits per heavy atom. The Balaban J connectivity index is 1.78. The van der Waals surface area contributed by atoms with E-state index >= 15 is 0 Å². The molecule has 27 heavy (non-hydrogen) atoms. The van der Waals surface area contributed by atoms with E-state index in [1.54, 1.807) is 41.8 Å². The van der Waals surface area contributed by atoms with Crippen molar-refractivity contribution in [2.75, 3.05) is 16.3 Å². The molecule has 0 radical (unpaired) electrons. The molecular formula is C17H13Cl2N3O3S2. The molecule has 0 bridgehead atoms. The second kappa shape index (κ2) is 7.85. The maximum Gasteiger partial charge on any atom is 0.275 e. The van der Waals surface area contributed by atoms with E-state index in [1.165, 1.54) is 17.4 Å². The number of carbonyl (C=O) groups is 1. The summed E-state index contributed by atoms with van der Waals surface area (Å²) in [6.07, 6.45) is 1.05. The Hall–Kier alpha value is -2.13. The highest BCUT2D eigenvalue weighted by Gasteiger charge is 2.14. The van der Waals surface area contributed by atoms with E-state index in [9.17, 15) is 13.2 Å². The van der Waals surface area contributed by atoms with Crippen LogP contribution in [0.4, 0.5) is 11.4 Å². The molecule has 6 nitrogen and oxygen atoms in total. The molecule has 0 spiro atoms. The summed E-state index contributed by atoms with van der Waals surface area (Å²) in [4.78, 5) is 16.8. The summed E-state index contributed by atoms with van der Waals surface area (Å²) in [6.45, 7) is 0. The number of nitrogens with zero attached hydrogens (tertiary/aromatic N) is 1. The van der Waals surface area contributed by atoms with Crippen molar-refractivity contribution in [3.63, 3.8) is 0 Å². The first-order chi connectivity index (χ1) is 12.7. The Morgan fingerprint density at radius 3 is 2.56 bits per heavy atom. The van der Waals surface area contributed by atoms with Gasteiger partial charge in [0, 0.05) is 21.7 Å². The van der Waals surface area contributed by atoms with E-state index in [0.717, 1.165) is 6.26 Å². The first-order valence-corrected chi connectivity index (χ1v) is 11.0. The minimum atomic E-state index is -3.40. The number of thiazole rings is 1. The first kappa shape index (κ1) is 19.6. The molecule has 3 aromatic rings. The third-order valence-electron chi connectivity index (χ3n) is 3.32. The van der Waals surface area contributed by atoms with E-state index in [2.05, 4.69) is 15.0 Å². The van der Waals surface area contributed by atoms with Crippen LogP contribution in [-0.2, 0) is 10.0 Å². The van der Waals surface area contributed by atoms with E-state index in [-0.39, 0.29) is 5.69 Å². The first-order valence-electron chi connectivity index (χ1n) is 7.51. The average molecular weight is 442 g/mol. The van der Waals surface area contributed by atoms with Crippen molar-refractivity contribution in [3.8, 4) is 10.6 Å². The summed E-state index contributed by atoms with van der Waals surface area (Å²) >= 11 is 13.4. The number of rotatable bonds is 5. The summed E-state index contributed by atoms with van der Waals surface area (Å²) < 4.78 is 25.0. The lowest BCUT2D eigenvalue weighted by Gasteiger charge is -2.07. The smallest absolute Gasteiger partial charge is 0.275 e. The van der Waals surface area contributed by atoms with Gasteiger partial charge >= 0.3 is 0 Å². The molecule has 0 atom stereocenters. The number of aromatic nitrogens is 1. The summed E-state index contributed by atoms with van der Waals surface area (Å²) in [7, 11) is -3.40. The quantitative estimate of drug-likeness (QED) is 0.598. The van der Waals surface area contributed by atoms with Gasteiger partial charge in [-0.2, -0.15) is 0 Å². The Labute approximate surface area is 170 Å². The molecule has 0 fully saturated rings. The molecule has 0 aliphatic heterocycles. The van der Waals surface area contributed by atoms with Gasteiger partial charge in [0.2, 0.25) is 10.0 Å². The van der Waals surface area contributed by atoms with Crippen LogP contribution in [0.5, 0.6) is 0 Å². The number of amides is 1. The normalized spacial score (nSPS) is 11.2. The molecule has 1 heterocycles. The van der Waals surface area contributed by atoms with Crippen LogP contribution in [0.1, 0.15) is 10.5 Å². The van der Waals surface area contributed by atoms with Crippen LogP contribution >= 0.6 is 34.5 Å². The van der Waals surface area contributed by atoms with Crippen molar-refractivity contribution in [1.82, 2.24) is 4.98 Å². The van der Waals surface area contributed by atoms with Crippen LogP contribution in [0.25, 0.3) is 10.6 Å². The van der Waals surface area contributed by atoms with Crippen molar-refractivity contribution in [3.05, 3.63) is 63.6 Å². The minimum absolute atomic E-state index is 0.225. The highest BCUT2D eigenvalue weighted by molar-refractivity contribution is 7.92. The van der Waals surface area contributed by atoms with E-state index in [0.29, 0.717) is 32.0 Å². The molecule has 0 unspecified atom stereocenters. The van der Waals surface area contributed by atoms with Gasteiger partial charge in [-0.15, -0.1) is 11.3 Å². The van der Waals surface area contributed by atoms with Crippen molar-refractivity contribution in [2.45, 2.75) is 0 Å². The zero-order chi connectivity index (χ0) is 19.6. The van der Waals surface area contributed by atoms with Crippen LogP contribution in [0.2, 0.25) is 10.0 Å². The third-order valence-corrected chi connectivity index (χ3v) is 5.35. The average Bonchev–Trinajstić information content (AvgIpc) is 3.03. The van der Waals surface area contributed by atoms with Gasteiger partial charge in [-0.1, -0.05) is 29.3 Å². The summed E-state index contributed by atoms with van der Waals surface area (Å²) in [5.41, 5.74) is 1.70. The van der Waals surface area contributed by atoms with Crippen molar-refractivity contribution in [2.24, 2.45) is 0 Å². The molecular weight excluding hydrogens is 429 g/mol. The second-order valence-corrected chi connectivity index (χ2v) is 9.02. The van der Waals surface area contributed by atoms with Crippen molar-refractivity contribution >= 4 is 61.8 Å². The van der Waals surface area contributed by atoms with Gasteiger partial charge in [0.15, 0.2) is 0 Å². The molecule has 0 saturated heterocycles. The molecule has 10 heteroatoms. The SMILES string of the molecule is CS(=O)(=O)Nc1cccc(NC(=O)c2csc(-c3ccc(Cl)cc3Cl)n2)c1. The number of sulfonamides is 1. The molecule has 1 amide bonds. The summed E-state index contributed by atoms with van der Waals surface area (Å²) in [5.74, 6) is -0.418. The van der Waals surface area contributed by atoms with Crippen LogP contribution in [0.15, 0.2) is 47.8 Å².